The van der Waals surface area contributed by atoms with Crippen LogP contribution in [0.4, 0.5) is 5.82 Å². The molecule has 1 aromatic carbocycles. The van der Waals surface area contributed by atoms with Crippen molar-refractivity contribution >= 4 is 16.9 Å². The topological polar surface area (TPSA) is 62.6 Å². The number of para-hydroxylation sites is 1. The number of rotatable bonds is 2. The first-order valence-corrected chi connectivity index (χ1v) is 7.97. The highest BCUT2D eigenvalue weighted by Crippen LogP contribution is 2.32. The molecule has 0 spiro atoms. The summed E-state index contributed by atoms with van der Waals surface area (Å²) in [5, 5.41) is 5.62. The standard InChI is InChI=1S/C18H16N6/c1-12-21-17-15(7-8-19-17)18(22-12)23-10-13-9-20-24(16(13)11-23)14-5-3-2-4-6-14/h2-9H,10-11H2,1H3,(H,19,21,22). The molecule has 3 aromatic heterocycles. The van der Waals surface area contributed by atoms with Crippen molar-refractivity contribution in [2.24, 2.45) is 0 Å². The van der Waals surface area contributed by atoms with E-state index < -0.39 is 0 Å². The molecule has 0 bridgehead atoms. The van der Waals surface area contributed by atoms with Crippen molar-refractivity contribution in [3.05, 3.63) is 65.9 Å². The molecule has 6 nitrogen and oxygen atoms in total. The Morgan fingerprint density at radius 3 is 2.79 bits per heavy atom. The molecule has 0 saturated carbocycles. The Balaban J connectivity index is 1.57. The van der Waals surface area contributed by atoms with E-state index in [1.165, 1.54) is 11.3 Å². The highest BCUT2D eigenvalue weighted by molar-refractivity contribution is 5.87. The van der Waals surface area contributed by atoms with Gasteiger partial charge in [-0.05, 0) is 25.1 Å². The number of hydrogen-bond donors (Lipinski definition) is 1. The lowest BCUT2D eigenvalue weighted by atomic mass is 10.3. The van der Waals surface area contributed by atoms with Gasteiger partial charge in [0, 0.05) is 18.3 Å². The third-order valence-electron chi connectivity index (χ3n) is 4.46. The average molecular weight is 316 g/mol. The molecule has 24 heavy (non-hydrogen) atoms. The fraction of sp³-hybridized carbons (Fsp3) is 0.167. The summed E-state index contributed by atoms with van der Waals surface area (Å²) in [5.41, 5.74) is 4.45. The smallest absolute Gasteiger partial charge is 0.143 e. The van der Waals surface area contributed by atoms with Gasteiger partial charge in [-0.1, -0.05) is 18.2 Å². The molecule has 0 fully saturated rings. The van der Waals surface area contributed by atoms with Crippen LogP contribution in [0.15, 0.2) is 48.8 Å². The van der Waals surface area contributed by atoms with E-state index in [-0.39, 0.29) is 0 Å². The molecule has 0 saturated heterocycles. The Bertz CT molecular complexity index is 1030. The van der Waals surface area contributed by atoms with Crippen LogP contribution in [0.25, 0.3) is 16.7 Å². The molecule has 4 aromatic rings. The predicted octanol–water partition coefficient (Wildman–Crippen LogP) is 2.97. The number of aryl methyl sites for hydroxylation is 1. The van der Waals surface area contributed by atoms with Gasteiger partial charge in [0.1, 0.15) is 17.3 Å². The summed E-state index contributed by atoms with van der Waals surface area (Å²) >= 11 is 0. The second-order valence-corrected chi connectivity index (χ2v) is 6.05. The summed E-state index contributed by atoms with van der Waals surface area (Å²) in [7, 11) is 0. The van der Waals surface area contributed by atoms with Crippen LogP contribution in [-0.2, 0) is 13.1 Å². The summed E-state index contributed by atoms with van der Waals surface area (Å²) in [4.78, 5) is 14.6. The maximum atomic E-state index is 4.69. The Kier molecular flexibility index (Phi) is 2.73. The minimum atomic E-state index is 0.778. The molecule has 0 aliphatic carbocycles. The van der Waals surface area contributed by atoms with E-state index >= 15 is 0 Å². The van der Waals surface area contributed by atoms with Crippen molar-refractivity contribution in [2.45, 2.75) is 20.0 Å². The minimum Gasteiger partial charge on any atom is -0.346 e. The van der Waals surface area contributed by atoms with Crippen molar-refractivity contribution < 1.29 is 0 Å². The van der Waals surface area contributed by atoms with E-state index in [0.29, 0.717) is 0 Å². The Morgan fingerprint density at radius 2 is 1.92 bits per heavy atom. The van der Waals surface area contributed by atoms with Crippen LogP contribution in [0.1, 0.15) is 17.1 Å². The van der Waals surface area contributed by atoms with Crippen LogP contribution >= 0.6 is 0 Å². The molecule has 0 atom stereocenters. The van der Waals surface area contributed by atoms with E-state index in [4.69, 9.17) is 0 Å². The number of aromatic amines is 1. The fourth-order valence-electron chi connectivity index (χ4n) is 3.37. The molecular weight excluding hydrogens is 300 g/mol. The summed E-state index contributed by atoms with van der Waals surface area (Å²) in [6.07, 6.45) is 3.88. The van der Waals surface area contributed by atoms with Crippen molar-refractivity contribution in [3.8, 4) is 5.69 Å². The van der Waals surface area contributed by atoms with Crippen molar-refractivity contribution in [2.75, 3.05) is 4.90 Å². The molecule has 6 heteroatoms. The first-order chi connectivity index (χ1) is 11.8. The molecule has 5 rings (SSSR count). The van der Waals surface area contributed by atoms with Gasteiger partial charge in [0.25, 0.3) is 0 Å². The van der Waals surface area contributed by atoms with Gasteiger partial charge in [0.2, 0.25) is 0 Å². The number of nitrogens with zero attached hydrogens (tertiary/aromatic N) is 5. The van der Waals surface area contributed by atoms with Gasteiger partial charge in [-0.25, -0.2) is 14.6 Å². The van der Waals surface area contributed by atoms with Crippen molar-refractivity contribution in [3.63, 3.8) is 0 Å². The van der Waals surface area contributed by atoms with Gasteiger partial charge in [0.05, 0.1) is 29.5 Å². The van der Waals surface area contributed by atoms with Gasteiger partial charge in [-0.2, -0.15) is 5.10 Å². The molecule has 1 N–H and O–H groups in total. The number of fused-ring (bicyclic) bond motifs is 2. The molecular formula is C18H16N6. The van der Waals surface area contributed by atoms with E-state index in [1.807, 2.05) is 48.3 Å². The number of hydrogen-bond acceptors (Lipinski definition) is 4. The van der Waals surface area contributed by atoms with Gasteiger partial charge in [-0.3, -0.25) is 0 Å². The largest absolute Gasteiger partial charge is 0.346 e. The van der Waals surface area contributed by atoms with E-state index in [1.54, 1.807) is 0 Å². The first kappa shape index (κ1) is 13.3. The zero-order chi connectivity index (χ0) is 16.1. The van der Waals surface area contributed by atoms with Crippen LogP contribution in [0.5, 0.6) is 0 Å². The summed E-state index contributed by atoms with van der Waals surface area (Å²) < 4.78 is 2.03. The van der Waals surface area contributed by atoms with Crippen molar-refractivity contribution in [1.29, 1.82) is 0 Å². The molecule has 1 aliphatic rings. The van der Waals surface area contributed by atoms with E-state index in [9.17, 15) is 0 Å². The third kappa shape index (κ3) is 1.93. The highest BCUT2D eigenvalue weighted by atomic mass is 15.3. The lowest BCUT2D eigenvalue weighted by molar-refractivity contribution is 0.769. The lowest BCUT2D eigenvalue weighted by Gasteiger charge is -2.18. The Labute approximate surface area is 138 Å². The molecule has 0 radical (unpaired) electrons. The number of H-pyrrole nitrogens is 1. The molecule has 0 unspecified atom stereocenters. The second-order valence-electron chi connectivity index (χ2n) is 6.05. The van der Waals surface area contributed by atoms with Gasteiger partial charge >= 0.3 is 0 Å². The molecule has 118 valence electrons. The molecule has 4 heterocycles. The van der Waals surface area contributed by atoms with Crippen LogP contribution in [0.2, 0.25) is 0 Å². The van der Waals surface area contributed by atoms with Crippen LogP contribution in [0.3, 0.4) is 0 Å². The van der Waals surface area contributed by atoms with E-state index in [0.717, 1.165) is 41.5 Å². The quantitative estimate of drug-likeness (QED) is 0.617. The summed E-state index contributed by atoms with van der Waals surface area (Å²) in [6.45, 7) is 3.54. The Morgan fingerprint density at radius 1 is 1.04 bits per heavy atom. The molecule has 0 amide bonds. The fourth-order valence-corrected chi connectivity index (χ4v) is 3.37. The lowest BCUT2D eigenvalue weighted by Crippen LogP contribution is -2.18. The number of anilines is 1. The third-order valence-corrected chi connectivity index (χ3v) is 4.46. The second kappa shape index (κ2) is 4.92. The maximum absolute atomic E-state index is 4.69. The van der Waals surface area contributed by atoms with Crippen molar-refractivity contribution in [1.82, 2.24) is 24.7 Å². The number of aromatic nitrogens is 5. The SMILES string of the molecule is Cc1nc(N2Cc3cnn(-c4ccccc4)c3C2)c2cc[nH]c2n1. The van der Waals surface area contributed by atoms with Gasteiger partial charge < -0.3 is 9.88 Å². The first-order valence-electron chi connectivity index (χ1n) is 7.97. The zero-order valence-electron chi connectivity index (χ0n) is 13.3. The normalized spacial score (nSPS) is 13.6. The monoisotopic (exact) mass is 316 g/mol. The van der Waals surface area contributed by atoms with Crippen LogP contribution in [0, 0.1) is 6.92 Å². The summed E-state index contributed by atoms with van der Waals surface area (Å²) in [6, 6.07) is 12.3. The number of benzene rings is 1. The predicted molar refractivity (Wildman–Crippen MR) is 92.1 cm³/mol. The minimum absolute atomic E-state index is 0.778. The van der Waals surface area contributed by atoms with Crippen LogP contribution in [-0.4, -0.2) is 24.7 Å². The maximum Gasteiger partial charge on any atom is 0.143 e. The van der Waals surface area contributed by atoms with Gasteiger partial charge in [0.15, 0.2) is 0 Å². The van der Waals surface area contributed by atoms with Crippen LogP contribution < -0.4 is 4.90 Å². The Hall–Kier alpha value is -3.15. The average Bonchev–Trinajstić information content (AvgIpc) is 3.29. The van der Waals surface area contributed by atoms with Gasteiger partial charge in [-0.15, -0.1) is 0 Å². The number of nitrogens with one attached hydrogen (secondary N) is 1. The zero-order valence-corrected chi connectivity index (χ0v) is 13.3. The highest BCUT2D eigenvalue weighted by Gasteiger charge is 2.26. The van der Waals surface area contributed by atoms with E-state index in [2.05, 4.69) is 37.1 Å². The molecule has 1 aliphatic heterocycles. The summed E-state index contributed by atoms with van der Waals surface area (Å²) in [5.74, 6) is 1.76.